The Morgan fingerprint density at radius 1 is 1.47 bits per heavy atom. The van der Waals surface area contributed by atoms with E-state index in [0.717, 1.165) is 37.0 Å². The van der Waals surface area contributed by atoms with E-state index in [2.05, 4.69) is 33.4 Å². The normalized spacial score (nSPS) is 12.6. The third-order valence-corrected chi connectivity index (χ3v) is 3.10. The fourth-order valence-electron chi connectivity index (χ4n) is 1.72. The molecule has 0 fully saturated rings. The molecule has 0 heterocycles. The number of nitrogens with one attached hydrogen (secondary N) is 1. The van der Waals surface area contributed by atoms with Crippen molar-refractivity contribution in [3.8, 4) is 0 Å². The maximum Gasteiger partial charge on any atom is 0.0615 e. The predicted molar refractivity (Wildman–Crippen MR) is 74.9 cm³/mol. The van der Waals surface area contributed by atoms with Gasteiger partial charge in [-0.1, -0.05) is 28.1 Å². The summed E-state index contributed by atoms with van der Waals surface area (Å²) in [6.45, 7) is 2.32. The first kappa shape index (κ1) is 14.6. The Balaban J connectivity index is 2.39. The molecule has 0 aliphatic rings. The lowest BCUT2D eigenvalue weighted by atomic mass is 10.1. The van der Waals surface area contributed by atoms with E-state index in [-0.39, 0.29) is 0 Å². The van der Waals surface area contributed by atoms with Crippen LogP contribution >= 0.6 is 15.9 Å². The van der Waals surface area contributed by atoms with Crippen LogP contribution in [-0.2, 0) is 11.3 Å². The van der Waals surface area contributed by atoms with Gasteiger partial charge < -0.3 is 15.8 Å². The van der Waals surface area contributed by atoms with Crippen LogP contribution in [0.1, 0.15) is 18.4 Å². The van der Waals surface area contributed by atoms with E-state index in [0.29, 0.717) is 6.04 Å². The molecule has 0 bridgehead atoms. The van der Waals surface area contributed by atoms with E-state index in [1.807, 2.05) is 12.1 Å². The topological polar surface area (TPSA) is 47.3 Å². The molecular weight excluding hydrogens is 280 g/mol. The Kier molecular flexibility index (Phi) is 7.44. The van der Waals surface area contributed by atoms with Crippen LogP contribution in [0.4, 0.5) is 0 Å². The fourth-order valence-corrected chi connectivity index (χ4v) is 2.17. The first-order valence-electron chi connectivity index (χ1n) is 5.93. The smallest absolute Gasteiger partial charge is 0.0615 e. The van der Waals surface area contributed by atoms with E-state index in [9.17, 15) is 0 Å². The second-order valence-electron chi connectivity index (χ2n) is 4.09. The fraction of sp³-hybridized carbons (Fsp3) is 0.538. The highest BCUT2D eigenvalue weighted by molar-refractivity contribution is 9.10. The quantitative estimate of drug-likeness (QED) is 0.774. The molecule has 0 amide bonds. The van der Waals surface area contributed by atoms with E-state index in [1.54, 1.807) is 7.11 Å². The summed E-state index contributed by atoms with van der Waals surface area (Å²) in [5.41, 5.74) is 6.80. The SMILES string of the molecule is COCC(CCCN)NCc1cccc(Br)c1. The zero-order valence-electron chi connectivity index (χ0n) is 10.3. The van der Waals surface area contributed by atoms with Crippen molar-refractivity contribution in [1.82, 2.24) is 5.32 Å². The van der Waals surface area contributed by atoms with Crippen molar-refractivity contribution in [1.29, 1.82) is 0 Å². The monoisotopic (exact) mass is 300 g/mol. The van der Waals surface area contributed by atoms with Gasteiger partial charge in [-0.15, -0.1) is 0 Å². The molecule has 0 aliphatic carbocycles. The molecule has 0 radical (unpaired) electrons. The van der Waals surface area contributed by atoms with Crippen LogP contribution in [0.25, 0.3) is 0 Å². The summed E-state index contributed by atoms with van der Waals surface area (Å²) in [7, 11) is 1.73. The van der Waals surface area contributed by atoms with Crippen LogP contribution in [0.3, 0.4) is 0 Å². The van der Waals surface area contributed by atoms with E-state index in [1.165, 1.54) is 5.56 Å². The summed E-state index contributed by atoms with van der Waals surface area (Å²) in [6.07, 6.45) is 2.08. The van der Waals surface area contributed by atoms with Crippen molar-refractivity contribution < 1.29 is 4.74 Å². The minimum atomic E-state index is 0.377. The number of rotatable bonds is 8. The molecule has 96 valence electrons. The standard InChI is InChI=1S/C13H21BrN2O/c1-17-10-13(6-3-7-15)16-9-11-4-2-5-12(14)8-11/h2,4-5,8,13,16H,3,6-7,9-10,15H2,1H3. The minimum absolute atomic E-state index is 0.377. The summed E-state index contributed by atoms with van der Waals surface area (Å²) in [5.74, 6) is 0. The number of nitrogens with two attached hydrogens (primary N) is 1. The van der Waals surface area contributed by atoms with Crippen LogP contribution < -0.4 is 11.1 Å². The lowest BCUT2D eigenvalue weighted by Crippen LogP contribution is -2.33. The van der Waals surface area contributed by atoms with Gasteiger partial charge in [-0.2, -0.15) is 0 Å². The van der Waals surface area contributed by atoms with Crippen LogP contribution in [0.5, 0.6) is 0 Å². The second kappa shape index (κ2) is 8.64. The van der Waals surface area contributed by atoms with Crippen LogP contribution in [0.2, 0.25) is 0 Å². The highest BCUT2D eigenvalue weighted by Crippen LogP contribution is 2.11. The summed E-state index contributed by atoms with van der Waals surface area (Å²) in [5, 5.41) is 3.50. The lowest BCUT2D eigenvalue weighted by molar-refractivity contribution is 0.161. The molecule has 0 aliphatic heterocycles. The summed E-state index contributed by atoms with van der Waals surface area (Å²) in [6, 6.07) is 8.70. The van der Waals surface area contributed by atoms with Gasteiger partial charge in [0.25, 0.3) is 0 Å². The number of ether oxygens (including phenoxy) is 1. The molecule has 4 heteroatoms. The van der Waals surface area contributed by atoms with E-state index < -0.39 is 0 Å². The molecule has 0 saturated heterocycles. The Hall–Kier alpha value is -0.420. The molecule has 0 spiro atoms. The van der Waals surface area contributed by atoms with Gasteiger partial charge in [-0.25, -0.2) is 0 Å². The molecule has 3 N–H and O–H groups in total. The number of methoxy groups -OCH3 is 1. The zero-order chi connectivity index (χ0) is 12.5. The zero-order valence-corrected chi connectivity index (χ0v) is 11.9. The van der Waals surface area contributed by atoms with Crippen LogP contribution in [0.15, 0.2) is 28.7 Å². The molecule has 1 atom stereocenters. The molecule has 1 rings (SSSR count). The third kappa shape index (κ3) is 6.17. The molecule has 17 heavy (non-hydrogen) atoms. The first-order chi connectivity index (χ1) is 8.26. The Bertz CT molecular complexity index is 320. The van der Waals surface area contributed by atoms with Gasteiger partial charge in [0.2, 0.25) is 0 Å². The third-order valence-electron chi connectivity index (χ3n) is 2.61. The number of hydrogen-bond acceptors (Lipinski definition) is 3. The molecule has 0 saturated carbocycles. The maximum absolute atomic E-state index is 5.53. The summed E-state index contributed by atoms with van der Waals surface area (Å²) in [4.78, 5) is 0. The van der Waals surface area contributed by atoms with Gasteiger partial charge in [-0.3, -0.25) is 0 Å². The second-order valence-corrected chi connectivity index (χ2v) is 5.01. The average molecular weight is 301 g/mol. The van der Waals surface area contributed by atoms with Gasteiger partial charge >= 0.3 is 0 Å². The molecular formula is C13H21BrN2O. The molecule has 0 aromatic heterocycles. The molecule has 1 unspecified atom stereocenters. The van der Waals surface area contributed by atoms with Crippen molar-refractivity contribution in [2.75, 3.05) is 20.3 Å². The van der Waals surface area contributed by atoms with Crippen molar-refractivity contribution in [3.63, 3.8) is 0 Å². The molecule has 1 aromatic rings. The largest absolute Gasteiger partial charge is 0.383 e. The number of halogens is 1. The van der Waals surface area contributed by atoms with Crippen molar-refractivity contribution in [2.24, 2.45) is 5.73 Å². The highest BCUT2D eigenvalue weighted by atomic mass is 79.9. The van der Waals surface area contributed by atoms with Crippen LogP contribution in [0, 0.1) is 0 Å². The Morgan fingerprint density at radius 3 is 2.94 bits per heavy atom. The van der Waals surface area contributed by atoms with E-state index in [4.69, 9.17) is 10.5 Å². The van der Waals surface area contributed by atoms with E-state index >= 15 is 0 Å². The Labute approximate surface area is 112 Å². The average Bonchev–Trinajstić information content (AvgIpc) is 2.33. The maximum atomic E-state index is 5.53. The van der Waals surface area contributed by atoms with Crippen LogP contribution in [-0.4, -0.2) is 26.3 Å². The first-order valence-corrected chi connectivity index (χ1v) is 6.72. The van der Waals surface area contributed by atoms with Crippen molar-refractivity contribution >= 4 is 15.9 Å². The summed E-state index contributed by atoms with van der Waals surface area (Å²) >= 11 is 3.47. The Morgan fingerprint density at radius 2 is 2.29 bits per heavy atom. The molecule has 3 nitrogen and oxygen atoms in total. The van der Waals surface area contributed by atoms with Gasteiger partial charge in [0.15, 0.2) is 0 Å². The predicted octanol–water partition coefficient (Wildman–Crippen LogP) is 2.29. The molecule has 1 aromatic carbocycles. The van der Waals surface area contributed by atoms with Gasteiger partial charge in [-0.05, 0) is 37.1 Å². The van der Waals surface area contributed by atoms with Gasteiger partial charge in [0.05, 0.1) is 6.61 Å². The number of hydrogen-bond donors (Lipinski definition) is 2. The number of benzene rings is 1. The lowest BCUT2D eigenvalue weighted by Gasteiger charge is -2.17. The van der Waals surface area contributed by atoms with Crippen molar-refractivity contribution in [3.05, 3.63) is 34.3 Å². The van der Waals surface area contributed by atoms with Gasteiger partial charge in [0.1, 0.15) is 0 Å². The highest BCUT2D eigenvalue weighted by Gasteiger charge is 2.07. The van der Waals surface area contributed by atoms with Crippen molar-refractivity contribution in [2.45, 2.75) is 25.4 Å². The van der Waals surface area contributed by atoms with Gasteiger partial charge in [0, 0.05) is 24.2 Å². The minimum Gasteiger partial charge on any atom is -0.383 e. The summed E-state index contributed by atoms with van der Waals surface area (Å²) < 4.78 is 6.31.